The molecule has 2 aromatic rings. The highest BCUT2D eigenvalue weighted by molar-refractivity contribution is 8.00. The summed E-state index contributed by atoms with van der Waals surface area (Å²) < 4.78 is 10.4. The average molecular weight is 379 g/mol. The number of carbonyl (C=O) groups is 1. The number of rotatable bonds is 7. The molecule has 0 aliphatic rings. The molecule has 0 fully saturated rings. The average Bonchev–Trinajstić information content (AvgIpc) is 2.63. The lowest BCUT2D eigenvalue weighted by molar-refractivity contribution is -0.120. The number of ether oxygens (including phenoxy) is 2. The minimum absolute atomic E-state index is 0.184. The zero-order valence-electron chi connectivity index (χ0n) is 14.2. The molecule has 5 nitrogen and oxygen atoms in total. The Kier molecular flexibility index (Phi) is 7.16. The lowest BCUT2D eigenvalue weighted by Gasteiger charge is -2.09. The highest BCUT2D eigenvalue weighted by Gasteiger charge is 2.13. The summed E-state index contributed by atoms with van der Waals surface area (Å²) in [7, 11) is 3.14. The van der Waals surface area contributed by atoms with Crippen LogP contribution in [0.3, 0.4) is 0 Å². The molecule has 1 N–H and O–H groups in total. The van der Waals surface area contributed by atoms with Crippen LogP contribution in [-0.2, 0) is 4.79 Å². The Bertz CT molecular complexity index is 750. The van der Waals surface area contributed by atoms with E-state index in [1.165, 1.54) is 11.8 Å². The second-order valence-electron chi connectivity index (χ2n) is 5.06. The largest absolute Gasteiger partial charge is 0.493 e. The number of halogens is 1. The van der Waals surface area contributed by atoms with Gasteiger partial charge >= 0.3 is 0 Å². The van der Waals surface area contributed by atoms with Crippen molar-refractivity contribution in [1.82, 2.24) is 5.43 Å². The Morgan fingerprint density at radius 2 is 1.84 bits per heavy atom. The second kappa shape index (κ2) is 9.34. The first kappa shape index (κ1) is 19.1. The highest BCUT2D eigenvalue weighted by atomic mass is 35.5. The van der Waals surface area contributed by atoms with Crippen LogP contribution in [-0.4, -0.2) is 31.6 Å². The van der Waals surface area contributed by atoms with E-state index in [1.54, 1.807) is 44.7 Å². The van der Waals surface area contributed by atoms with Gasteiger partial charge in [0.1, 0.15) is 0 Å². The predicted molar refractivity (Wildman–Crippen MR) is 102 cm³/mol. The smallest absolute Gasteiger partial charge is 0.253 e. The molecular formula is C18H19ClN2O3S. The fraction of sp³-hybridized carbons (Fsp3) is 0.222. The number of amides is 1. The summed E-state index contributed by atoms with van der Waals surface area (Å²) in [6.45, 7) is 1.82. The first-order valence-electron chi connectivity index (χ1n) is 7.50. The normalized spacial score (nSPS) is 12.0. The monoisotopic (exact) mass is 378 g/mol. The maximum Gasteiger partial charge on any atom is 0.253 e. The summed E-state index contributed by atoms with van der Waals surface area (Å²) in [6.07, 6.45) is 1.56. The van der Waals surface area contributed by atoms with E-state index in [1.807, 2.05) is 25.1 Å². The molecule has 0 saturated heterocycles. The summed E-state index contributed by atoms with van der Waals surface area (Å²) in [5.41, 5.74) is 3.33. The van der Waals surface area contributed by atoms with Crippen LogP contribution in [0.4, 0.5) is 0 Å². The number of hydrogen-bond acceptors (Lipinski definition) is 5. The number of carbonyl (C=O) groups excluding carboxylic acids is 1. The van der Waals surface area contributed by atoms with E-state index in [2.05, 4.69) is 10.5 Å². The molecule has 0 aliphatic carbocycles. The molecule has 0 spiro atoms. The topological polar surface area (TPSA) is 59.9 Å². The van der Waals surface area contributed by atoms with Gasteiger partial charge in [-0.3, -0.25) is 4.79 Å². The molecule has 0 heterocycles. The maximum absolute atomic E-state index is 12.1. The molecular weight excluding hydrogens is 360 g/mol. The minimum atomic E-state index is -0.288. The van der Waals surface area contributed by atoms with Crippen LogP contribution in [0.5, 0.6) is 11.5 Å². The van der Waals surface area contributed by atoms with Crippen molar-refractivity contribution < 1.29 is 14.3 Å². The minimum Gasteiger partial charge on any atom is -0.493 e. The van der Waals surface area contributed by atoms with E-state index in [4.69, 9.17) is 21.1 Å². The quantitative estimate of drug-likeness (QED) is 0.449. The number of nitrogens with zero attached hydrogens (tertiary/aromatic N) is 1. The molecule has 2 aromatic carbocycles. The maximum atomic E-state index is 12.1. The van der Waals surface area contributed by atoms with E-state index in [0.29, 0.717) is 16.5 Å². The van der Waals surface area contributed by atoms with Gasteiger partial charge in [0.15, 0.2) is 11.5 Å². The van der Waals surface area contributed by atoms with Crippen molar-refractivity contribution in [2.75, 3.05) is 14.2 Å². The zero-order chi connectivity index (χ0) is 18.2. The van der Waals surface area contributed by atoms with Crippen LogP contribution < -0.4 is 14.9 Å². The Morgan fingerprint density at radius 3 is 2.48 bits per heavy atom. The van der Waals surface area contributed by atoms with Crippen LogP contribution in [0.1, 0.15) is 12.5 Å². The van der Waals surface area contributed by atoms with Gasteiger partial charge in [-0.05, 0) is 55.0 Å². The van der Waals surface area contributed by atoms with E-state index in [9.17, 15) is 4.79 Å². The first-order chi connectivity index (χ1) is 12.0. The van der Waals surface area contributed by atoms with E-state index in [-0.39, 0.29) is 11.2 Å². The molecule has 0 saturated carbocycles. The highest BCUT2D eigenvalue weighted by Crippen LogP contribution is 2.27. The van der Waals surface area contributed by atoms with Crippen LogP contribution in [0, 0.1) is 0 Å². The van der Waals surface area contributed by atoms with Gasteiger partial charge in [-0.1, -0.05) is 11.6 Å². The van der Waals surface area contributed by atoms with Crippen LogP contribution in [0.25, 0.3) is 0 Å². The lowest BCUT2D eigenvalue weighted by atomic mass is 10.2. The van der Waals surface area contributed by atoms with Gasteiger partial charge in [0.2, 0.25) is 0 Å². The van der Waals surface area contributed by atoms with Gasteiger partial charge in [-0.25, -0.2) is 5.43 Å². The summed E-state index contributed by atoms with van der Waals surface area (Å²) in [5.74, 6) is 1.05. The van der Waals surface area contributed by atoms with Crippen LogP contribution in [0.2, 0.25) is 5.02 Å². The summed E-state index contributed by atoms with van der Waals surface area (Å²) in [5, 5.41) is 4.37. The molecule has 25 heavy (non-hydrogen) atoms. The van der Waals surface area contributed by atoms with Gasteiger partial charge < -0.3 is 9.47 Å². The number of methoxy groups -OCH3 is 2. The molecule has 7 heteroatoms. The van der Waals surface area contributed by atoms with Gasteiger partial charge in [-0.15, -0.1) is 11.8 Å². The fourth-order valence-electron chi connectivity index (χ4n) is 1.97. The number of benzene rings is 2. The third-order valence-corrected chi connectivity index (χ3v) is 4.66. The third-order valence-electron chi connectivity index (χ3n) is 3.29. The third kappa shape index (κ3) is 5.69. The molecule has 0 aliphatic heterocycles. The van der Waals surface area contributed by atoms with Crippen LogP contribution in [0.15, 0.2) is 52.5 Å². The second-order valence-corrected chi connectivity index (χ2v) is 6.91. The summed E-state index contributed by atoms with van der Waals surface area (Å²) in [4.78, 5) is 13.1. The molecule has 1 amide bonds. The first-order valence-corrected chi connectivity index (χ1v) is 8.76. The van der Waals surface area contributed by atoms with Crippen molar-refractivity contribution in [1.29, 1.82) is 0 Å². The molecule has 0 bridgehead atoms. The summed E-state index contributed by atoms with van der Waals surface area (Å²) in [6, 6.07) is 12.7. The number of hydrogen-bond donors (Lipinski definition) is 1. The number of hydrazone groups is 1. The van der Waals surface area contributed by atoms with Crippen LogP contribution >= 0.6 is 23.4 Å². The van der Waals surface area contributed by atoms with Crippen molar-refractivity contribution in [2.24, 2.45) is 5.10 Å². The SMILES string of the molecule is COc1ccc(/C=N\NC(=O)[C@@H](C)Sc2ccc(Cl)cc2)cc1OC. The van der Waals surface area contributed by atoms with Gasteiger partial charge in [0.05, 0.1) is 25.7 Å². The zero-order valence-corrected chi connectivity index (χ0v) is 15.7. The van der Waals surface area contributed by atoms with Gasteiger partial charge in [0, 0.05) is 9.92 Å². The molecule has 0 radical (unpaired) electrons. The van der Waals surface area contributed by atoms with E-state index < -0.39 is 0 Å². The summed E-state index contributed by atoms with van der Waals surface area (Å²) >= 11 is 7.29. The van der Waals surface area contributed by atoms with Crippen molar-refractivity contribution in [3.63, 3.8) is 0 Å². The molecule has 1 atom stereocenters. The number of thioether (sulfide) groups is 1. The Hall–Kier alpha value is -2.18. The fourth-order valence-corrected chi connectivity index (χ4v) is 2.95. The van der Waals surface area contributed by atoms with Gasteiger partial charge in [-0.2, -0.15) is 5.10 Å². The predicted octanol–water partition coefficient (Wildman–Crippen LogP) is 3.99. The molecule has 2 rings (SSSR count). The van der Waals surface area contributed by atoms with Crippen molar-refractivity contribution in [3.05, 3.63) is 53.1 Å². The Labute approximate surface area is 156 Å². The molecule has 0 unspecified atom stereocenters. The van der Waals surface area contributed by atoms with Crippen molar-refractivity contribution >= 4 is 35.5 Å². The van der Waals surface area contributed by atoms with E-state index >= 15 is 0 Å². The van der Waals surface area contributed by atoms with Crippen molar-refractivity contribution in [3.8, 4) is 11.5 Å². The van der Waals surface area contributed by atoms with E-state index in [0.717, 1.165) is 10.5 Å². The molecule has 132 valence electrons. The Morgan fingerprint density at radius 1 is 1.16 bits per heavy atom. The van der Waals surface area contributed by atoms with Gasteiger partial charge in [0.25, 0.3) is 5.91 Å². The Balaban J connectivity index is 1.92. The molecule has 0 aromatic heterocycles. The lowest BCUT2D eigenvalue weighted by Crippen LogP contribution is -2.26. The van der Waals surface area contributed by atoms with Crippen molar-refractivity contribution in [2.45, 2.75) is 17.1 Å². The number of nitrogens with one attached hydrogen (secondary N) is 1. The standard InChI is InChI=1S/C18H19ClN2O3S/c1-12(25-15-7-5-14(19)6-8-15)18(22)21-20-11-13-4-9-16(23-2)17(10-13)24-3/h4-12H,1-3H3,(H,21,22)/b20-11-/t12-/m1/s1.